The molecule has 0 amide bonds. The number of nitrogens with one attached hydrogen (secondary N) is 1. The van der Waals surface area contributed by atoms with Gasteiger partial charge in [0, 0.05) is 24.4 Å². The van der Waals surface area contributed by atoms with Crippen LogP contribution in [0.2, 0.25) is 0 Å². The van der Waals surface area contributed by atoms with Gasteiger partial charge in [0.2, 0.25) is 0 Å². The highest BCUT2D eigenvalue weighted by Crippen LogP contribution is 2.43. The van der Waals surface area contributed by atoms with Crippen molar-refractivity contribution in [1.82, 2.24) is 4.98 Å². The molecule has 0 saturated carbocycles. The lowest BCUT2D eigenvalue weighted by atomic mass is 10.1. The first-order valence-electron chi connectivity index (χ1n) is 9.50. The van der Waals surface area contributed by atoms with Crippen molar-refractivity contribution < 1.29 is 18.3 Å². The van der Waals surface area contributed by atoms with Crippen molar-refractivity contribution in [1.29, 1.82) is 0 Å². The summed E-state index contributed by atoms with van der Waals surface area (Å²) in [4.78, 5) is 4.51. The van der Waals surface area contributed by atoms with E-state index in [4.69, 9.17) is 15.2 Å². The van der Waals surface area contributed by atoms with Gasteiger partial charge in [0.25, 0.3) is 0 Å². The van der Waals surface area contributed by atoms with Crippen LogP contribution in [0.3, 0.4) is 0 Å². The van der Waals surface area contributed by atoms with Crippen LogP contribution >= 0.6 is 0 Å². The number of anilines is 1. The smallest absolute Gasteiger partial charge is 0.179 e. The third kappa shape index (κ3) is 4.56. The molecule has 0 spiro atoms. The first-order chi connectivity index (χ1) is 13.9. The number of rotatable bonds is 8. The topological polar surface area (TPSA) is 69.4 Å². The fourth-order valence-corrected chi connectivity index (χ4v) is 3.23. The van der Waals surface area contributed by atoms with Gasteiger partial charge in [0.15, 0.2) is 23.1 Å². The monoisotopic (exact) mass is 401 g/mol. The van der Waals surface area contributed by atoms with Gasteiger partial charge in [-0.05, 0) is 57.0 Å². The molecule has 0 aliphatic carbocycles. The van der Waals surface area contributed by atoms with Crippen LogP contribution in [0.4, 0.5) is 14.5 Å². The molecule has 7 heteroatoms. The van der Waals surface area contributed by atoms with E-state index in [1.807, 2.05) is 13.0 Å². The van der Waals surface area contributed by atoms with Gasteiger partial charge in [-0.1, -0.05) is 0 Å². The fraction of sp³-hybridized carbons (Fsp3) is 0.318. The van der Waals surface area contributed by atoms with E-state index in [0.29, 0.717) is 28.9 Å². The molecule has 3 N–H and O–H groups in total. The summed E-state index contributed by atoms with van der Waals surface area (Å²) in [5.41, 5.74) is 7.97. The van der Waals surface area contributed by atoms with Crippen LogP contribution in [0.5, 0.6) is 17.2 Å². The van der Waals surface area contributed by atoms with Crippen molar-refractivity contribution >= 4 is 16.6 Å². The largest absolute Gasteiger partial charge is 0.493 e. The summed E-state index contributed by atoms with van der Waals surface area (Å²) in [5.74, 6) is -0.800. The van der Waals surface area contributed by atoms with Gasteiger partial charge in [-0.3, -0.25) is 4.98 Å². The van der Waals surface area contributed by atoms with E-state index in [0.717, 1.165) is 36.2 Å². The van der Waals surface area contributed by atoms with E-state index in [9.17, 15) is 8.78 Å². The van der Waals surface area contributed by atoms with Gasteiger partial charge in [-0.2, -0.15) is 0 Å². The molecule has 0 fully saturated rings. The maximum atomic E-state index is 14.2. The Morgan fingerprint density at radius 2 is 1.97 bits per heavy atom. The van der Waals surface area contributed by atoms with Crippen LogP contribution in [0.25, 0.3) is 10.9 Å². The molecule has 0 saturated heterocycles. The molecule has 5 nitrogen and oxygen atoms in total. The number of nitrogens with zero attached hydrogens (tertiary/aromatic N) is 1. The number of nitrogens with two attached hydrogens (primary N) is 1. The van der Waals surface area contributed by atoms with Crippen molar-refractivity contribution in [3.05, 3.63) is 53.7 Å². The Hall–Kier alpha value is -2.93. The highest BCUT2D eigenvalue weighted by Gasteiger charge is 2.20. The molecule has 3 rings (SSSR count). The van der Waals surface area contributed by atoms with Crippen molar-refractivity contribution in [3.63, 3.8) is 0 Å². The lowest BCUT2D eigenvalue weighted by Crippen LogP contribution is -2.17. The third-order valence-electron chi connectivity index (χ3n) is 4.71. The van der Waals surface area contributed by atoms with E-state index in [1.54, 1.807) is 12.3 Å². The first-order valence-corrected chi connectivity index (χ1v) is 9.50. The van der Waals surface area contributed by atoms with E-state index in [2.05, 4.69) is 17.2 Å². The van der Waals surface area contributed by atoms with Gasteiger partial charge in [0.05, 0.1) is 23.7 Å². The molecule has 1 aromatic heterocycles. The molecular formula is C22H25F2N3O2. The summed E-state index contributed by atoms with van der Waals surface area (Å²) >= 11 is 0. The molecule has 2 aromatic carbocycles. The highest BCUT2D eigenvalue weighted by molar-refractivity contribution is 5.99. The summed E-state index contributed by atoms with van der Waals surface area (Å²) in [7, 11) is 1.52. The van der Waals surface area contributed by atoms with Crippen LogP contribution in [0, 0.1) is 18.6 Å². The van der Waals surface area contributed by atoms with E-state index in [1.165, 1.54) is 13.2 Å². The first kappa shape index (κ1) is 20.8. The van der Waals surface area contributed by atoms with Crippen molar-refractivity contribution in [2.24, 2.45) is 5.73 Å². The maximum absolute atomic E-state index is 14.2. The zero-order valence-electron chi connectivity index (χ0n) is 16.8. The Kier molecular flexibility index (Phi) is 6.49. The molecule has 1 unspecified atom stereocenters. The minimum atomic E-state index is -0.792. The van der Waals surface area contributed by atoms with Crippen molar-refractivity contribution in [2.45, 2.75) is 32.7 Å². The Morgan fingerprint density at radius 3 is 2.66 bits per heavy atom. The number of hydrogen-bond donors (Lipinski definition) is 2. The fourth-order valence-electron chi connectivity index (χ4n) is 3.23. The van der Waals surface area contributed by atoms with Crippen LogP contribution < -0.4 is 20.5 Å². The lowest BCUT2D eigenvalue weighted by molar-refractivity contribution is 0.373. The number of ether oxygens (including phenoxy) is 2. The van der Waals surface area contributed by atoms with E-state index < -0.39 is 11.6 Å². The average Bonchev–Trinajstić information content (AvgIpc) is 2.69. The maximum Gasteiger partial charge on any atom is 0.179 e. The van der Waals surface area contributed by atoms with E-state index in [-0.39, 0.29) is 11.8 Å². The van der Waals surface area contributed by atoms with Crippen LogP contribution in [-0.2, 0) is 0 Å². The summed E-state index contributed by atoms with van der Waals surface area (Å²) in [6.07, 6.45) is 3.52. The molecular weight excluding hydrogens is 376 g/mol. The zero-order chi connectivity index (χ0) is 21.0. The number of pyridine rings is 1. The second-order valence-corrected chi connectivity index (χ2v) is 6.96. The van der Waals surface area contributed by atoms with Crippen LogP contribution in [-0.4, -0.2) is 24.7 Å². The molecule has 0 radical (unpaired) electrons. The standard InChI is InChI=1S/C22H25F2N3O2/c1-13-8-10-26-21-17(27-14(2)5-4-9-25)12-19(28-3)22(20(13)21)29-18-7-6-15(23)11-16(18)24/h6-8,10-12,14,27H,4-5,9,25H2,1-3H3. The van der Waals surface area contributed by atoms with Gasteiger partial charge < -0.3 is 20.5 Å². The Labute approximate surface area is 168 Å². The Balaban J connectivity index is 2.11. The predicted molar refractivity (Wildman–Crippen MR) is 111 cm³/mol. The molecule has 154 valence electrons. The summed E-state index contributed by atoms with van der Waals surface area (Å²) in [6.45, 7) is 4.62. The quantitative estimate of drug-likeness (QED) is 0.546. The summed E-state index contributed by atoms with van der Waals surface area (Å²) in [6, 6.07) is 6.98. The Bertz CT molecular complexity index is 1010. The molecule has 3 aromatic rings. The molecule has 29 heavy (non-hydrogen) atoms. The molecule has 0 aliphatic rings. The number of benzene rings is 2. The van der Waals surface area contributed by atoms with Gasteiger partial charge in [-0.15, -0.1) is 0 Å². The van der Waals surface area contributed by atoms with Crippen LogP contribution in [0.1, 0.15) is 25.3 Å². The lowest BCUT2D eigenvalue weighted by Gasteiger charge is -2.20. The van der Waals surface area contributed by atoms with E-state index >= 15 is 0 Å². The molecule has 1 atom stereocenters. The van der Waals surface area contributed by atoms with Gasteiger partial charge in [0.1, 0.15) is 5.82 Å². The number of fused-ring (bicyclic) bond motifs is 1. The Morgan fingerprint density at radius 1 is 1.17 bits per heavy atom. The predicted octanol–water partition coefficient (Wildman–Crippen LogP) is 5.16. The van der Waals surface area contributed by atoms with Crippen molar-refractivity contribution in [3.8, 4) is 17.2 Å². The third-order valence-corrected chi connectivity index (χ3v) is 4.71. The number of hydrogen-bond acceptors (Lipinski definition) is 5. The van der Waals surface area contributed by atoms with Crippen LogP contribution in [0.15, 0.2) is 36.5 Å². The zero-order valence-corrected chi connectivity index (χ0v) is 16.8. The average molecular weight is 401 g/mol. The number of aryl methyl sites for hydroxylation is 1. The van der Waals surface area contributed by atoms with Gasteiger partial charge in [-0.25, -0.2) is 8.78 Å². The second-order valence-electron chi connectivity index (χ2n) is 6.96. The van der Waals surface area contributed by atoms with Gasteiger partial charge >= 0.3 is 0 Å². The summed E-state index contributed by atoms with van der Waals surface area (Å²) in [5, 5.41) is 4.15. The minimum Gasteiger partial charge on any atom is -0.493 e. The normalized spacial score (nSPS) is 12.1. The number of aromatic nitrogens is 1. The summed E-state index contributed by atoms with van der Waals surface area (Å²) < 4.78 is 38.9. The molecule has 1 heterocycles. The highest BCUT2D eigenvalue weighted by atomic mass is 19.1. The number of halogens is 2. The minimum absolute atomic E-state index is 0.0914. The van der Waals surface area contributed by atoms with Crippen molar-refractivity contribution in [2.75, 3.05) is 19.0 Å². The number of methoxy groups -OCH3 is 1. The molecule has 0 bridgehead atoms. The molecule has 0 aliphatic heterocycles. The second kappa shape index (κ2) is 9.05. The SMILES string of the molecule is COc1cc(NC(C)CCCN)c2nccc(C)c2c1Oc1ccc(F)cc1F.